The molecule has 0 N–H and O–H groups in total. The lowest BCUT2D eigenvalue weighted by molar-refractivity contribution is -0.108. The molecule has 0 unspecified atom stereocenters. The molecule has 0 amide bonds. The fraction of sp³-hybridized carbons (Fsp3) is 0.571. The summed E-state index contributed by atoms with van der Waals surface area (Å²) in [5.74, 6) is 1.52. The summed E-state index contributed by atoms with van der Waals surface area (Å²) in [6.07, 6.45) is 0.472. The van der Waals surface area contributed by atoms with E-state index in [2.05, 4.69) is 0 Å². The van der Waals surface area contributed by atoms with Crippen LogP contribution in [0.3, 0.4) is 0 Å². The molecule has 0 radical (unpaired) electrons. The van der Waals surface area contributed by atoms with Crippen molar-refractivity contribution in [1.82, 2.24) is 4.90 Å². The van der Waals surface area contributed by atoms with Gasteiger partial charge in [0.25, 0.3) is 0 Å². The minimum atomic E-state index is 0.0890. The zero-order chi connectivity index (χ0) is 14.6. The molecule has 0 saturated heterocycles. The predicted octanol–water partition coefficient (Wildman–Crippen LogP) is 3.43. The van der Waals surface area contributed by atoms with Crippen LogP contribution >= 0.6 is 23.5 Å². The van der Waals surface area contributed by atoms with Crippen LogP contribution < -0.4 is 0 Å². The van der Waals surface area contributed by atoms with Crippen molar-refractivity contribution in [3.8, 4) is 0 Å². The first kappa shape index (κ1) is 16.4. The van der Waals surface area contributed by atoms with Gasteiger partial charge in [0, 0.05) is 36.0 Å². The molecular formula is C14H21NO2S2. The Balaban J connectivity index is 3.05. The molecule has 0 spiro atoms. The maximum absolute atomic E-state index is 12.1. The second-order valence-electron chi connectivity index (χ2n) is 4.30. The molecule has 0 atom stereocenters. The molecule has 1 heterocycles. The summed E-state index contributed by atoms with van der Waals surface area (Å²) in [7, 11) is 1.91. The highest BCUT2D eigenvalue weighted by molar-refractivity contribution is 8.14. The molecule has 5 heteroatoms. The van der Waals surface area contributed by atoms with E-state index in [9.17, 15) is 9.59 Å². The molecule has 3 nitrogen and oxygen atoms in total. The van der Waals surface area contributed by atoms with Crippen LogP contribution in [0.5, 0.6) is 0 Å². The van der Waals surface area contributed by atoms with Gasteiger partial charge in [0.15, 0.2) is 0 Å². The average Bonchev–Trinajstić information content (AvgIpc) is 2.36. The minimum Gasteiger partial charge on any atom is -0.351 e. The van der Waals surface area contributed by atoms with E-state index in [1.54, 1.807) is 0 Å². The van der Waals surface area contributed by atoms with Gasteiger partial charge >= 0.3 is 0 Å². The third kappa shape index (κ3) is 3.66. The van der Waals surface area contributed by atoms with E-state index in [0.717, 1.165) is 34.0 Å². The van der Waals surface area contributed by atoms with Gasteiger partial charge < -0.3 is 4.90 Å². The quantitative estimate of drug-likeness (QED) is 0.795. The third-order valence-electron chi connectivity index (χ3n) is 3.28. The standard InChI is InChI=1S/C14H21NO2S2/c1-6-18-13(16)11-8-12(14(17)19-7-2)10(4)15(5)9(11)3/h6-8H2,1-5H3. The van der Waals surface area contributed by atoms with Crippen molar-refractivity contribution < 1.29 is 9.59 Å². The van der Waals surface area contributed by atoms with Crippen LogP contribution in [-0.2, 0) is 9.59 Å². The number of thioether (sulfide) groups is 2. The highest BCUT2D eigenvalue weighted by atomic mass is 32.2. The topological polar surface area (TPSA) is 37.4 Å². The molecule has 1 rings (SSSR count). The van der Waals surface area contributed by atoms with Gasteiger partial charge in [-0.05, 0) is 25.4 Å². The van der Waals surface area contributed by atoms with Gasteiger partial charge in [0.1, 0.15) is 0 Å². The largest absolute Gasteiger partial charge is 0.351 e. The van der Waals surface area contributed by atoms with Crippen LogP contribution in [0.1, 0.15) is 34.1 Å². The first-order valence-electron chi connectivity index (χ1n) is 6.41. The van der Waals surface area contributed by atoms with E-state index in [1.807, 2.05) is 39.6 Å². The van der Waals surface area contributed by atoms with Crippen molar-refractivity contribution >= 4 is 33.8 Å². The van der Waals surface area contributed by atoms with Crippen LogP contribution in [0, 0.1) is 0 Å². The fourth-order valence-corrected chi connectivity index (χ4v) is 3.28. The molecule has 0 bridgehead atoms. The molecule has 0 saturated carbocycles. The monoisotopic (exact) mass is 299 g/mol. The molecular weight excluding hydrogens is 278 g/mol. The van der Waals surface area contributed by atoms with E-state index < -0.39 is 0 Å². The molecule has 0 fully saturated rings. The maximum atomic E-state index is 12.1. The van der Waals surface area contributed by atoms with E-state index in [0.29, 0.717) is 6.42 Å². The van der Waals surface area contributed by atoms with Crippen molar-refractivity contribution in [3.05, 3.63) is 22.5 Å². The summed E-state index contributed by atoms with van der Waals surface area (Å²) >= 11 is 2.62. The van der Waals surface area contributed by atoms with Gasteiger partial charge in [0.2, 0.25) is 10.2 Å². The normalized spacial score (nSPS) is 16.2. The SMILES string of the molecule is CCSC(=O)C1=C(C)N(C)C(C)=C(C(=O)SCC)C1. The van der Waals surface area contributed by atoms with Crippen molar-refractivity contribution in [2.75, 3.05) is 18.6 Å². The van der Waals surface area contributed by atoms with Crippen molar-refractivity contribution in [3.63, 3.8) is 0 Å². The van der Waals surface area contributed by atoms with Crippen molar-refractivity contribution in [1.29, 1.82) is 0 Å². The van der Waals surface area contributed by atoms with Crippen LogP contribution in [0.2, 0.25) is 0 Å². The zero-order valence-corrected chi connectivity index (χ0v) is 13.8. The lowest BCUT2D eigenvalue weighted by Crippen LogP contribution is -2.25. The van der Waals surface area contributed by atoms with Gasteiger partial charge in [-0.2, -0.15) is 0 Å². The fourth-order valence-electron chi connectivity index (χ4n) is 1.97. The molecule has 1 aliphatic heterocycles. The molecule has 0 aromatic carbocycles. The summed E-state index contributed by atoms with van der Waals surface area (Å²) in [5, 5.41) is 0.178. The van der Waals surface area contributed by atoms with Crippen LogP contribution in [0.25, 0.3) is 0 Å². The number of rotatable bonds is 4. The number of carbonyl (C=O) groups excluding carboxylic acids is 2. The summed E-state index contributed by atoms with van der Waals surface area (Å²) in [6, 6.07) is 0. The summed E-state index contributed by atoms with van der Waals surface area (Å²) in [5.41, 5.74) is 3.45. The first-order chi connectivity index (χ1) is 8.93. The Kier molecular flexibility index (Phi) is 6.20. The Hall–Kier alpha value is -0.680. The number of nitrogens with zero attached hydrogens (tertiary/aromatic N) is 1. The molecule has 19 heavy (non-hydrogen) atoms. The minimum absolute atomic E-state index is 0.0890. The lowest BCUT2D eigenvalue weighted by atomic mass is 9.98. The predicted molar refractivity (Wildman–Crippen MR) is 84.1 cm³/mol. The van der Waals surface area contributed by atoms with Gasteiger partial charge in [-0.1, -0.05) is 37.4 Å². The smallest absolute Gasteiger partial charge is 0.217 e. The van der Waals surface area contributed by atoms with E-state index in [1.165, 1.54) is 23.5 Å². The van der Waals surface area contributed by atoms with Gasteiger partial charge in [-0.3, -0.25) is 9.59 Å². The maximum Gasteiger partial charge on any atom is 0.217 e. The highest BCUT2D eigenvalue weighted by Crippen LogP contribution is 2.33. The lowest BCUT2D eigenvalue weighted by Gasteiger charge is -2.30. The van der Waals surface area contributed by atoms with E-state index >= 15 is 0 Å². The Morgan fingerprint density at radius 1 is 1.00 bits per heavy atom. The van der Waals surface area contributed by atoms with Crippen LogP contribution in [0.4, 0.5) is 0 Å². The molecule has 0 aliphatic carbocycles. The van der Waals surface area contributed by atoms with E-state index in [-0.39, 0.29) is 10.2 Å². The number of hydrogen-bond acceptors (Lipinski definition) is 5. The average molecular weight is 299 g/mol. The second kappa shape index (κ2) is 7.20. The Labute approximate surface area is 123 Å². The van der Waals surface area contributed by atoms with Crippen molar-refractivity contribution in [2.24, 2.45) is 0 Å². The summed E-state index contributed by atoms with van der Waals surface area (Å²) in [4.78, 5) is 26.2. The van der Waals surface area contributed by atoms with E-state index in [4.69, 9.17) is 0 Å². The number of allylic oxidation sites excluding steroid dienone is 2. The number of carbonyl (C=O) groups is 2. The molecule has 0 aromatic heterocycles. The summed E-state index contributed by atoms with van der Waals surface area (Å²) < 4.78 is 0. The molecule has 1 aliphatic rings. The third-order valence-corrected chi connectivity index (χ3v) is 4.87. The van der Waals surface area contributed by atoms with Crippen LogP contribution in [0.15, 0.2) is 22.5 Å². The first-order valence-corrected chi connectivity index (χ1v) is 8.38. The second-order valence-corrected chi connectivity index (χ2v) is 6.78. The summed E-state index contributed by atoms with van der Waals surface area (Å²) in [6.45, 7) is 7.82. The Bertz CT molecular complexity index is 412. The molecule has 106 valence electrons. The van der Waals surface area contributed by atoms with Gasteiger partial charge in [0.05, 0.1) is 0 Å². The van der Waals surface area contributed by atoms with Gasteiger partial charge in [-0.15, -0.1) is 0 Å². The highest BCUT2D eigenvalue weighted by Gasteiger charge is 2.27. The molecule has 0 aromatic rings. The van der Waals surface area contributed by atoms with Gasteiger partial charge in [-0.25, -0.2) is 0 Å². The number of hydrogen-bond donors (Lipinski definition) is 0. The zero-order valence-electron chi connectivity index (χ0n) is 12.2. The van der Waals surface area contributed by atoms with Crippen molar-refractivity contribution in [2.45, 2.75) is 34.1 Å². The Morgan fingerprint density at radius 2 is 1.37 bits per heavy atom. The van der Waals surface area contributed by atoms with Crippen LogP contribution in [-0.4, -0.2) is 33.7 Å². The Morgan fingerprint density at radius 3 is 1.68 bits per heavy atom.